The molecule has 0 atom stereocenters. The second-order valence-corrected chi connectivity index (χ2v) is 3.17. The maximum absolute atomic E-state index is 3.22. The average Bonchev–Trinajstić information content (AvgIpc) is 2.53. The van der Waals surface area contributed by atoms with E-state index in [9.17, 15) is 0 Å². The van der Waals surface area contributed by atoms with Gasteiger partial charge in [-0.3, -0.25) is 0 Å². The highest BCUT2D eigenvalue weighted by atomic mass is 32.2. The van der Waals surface area contributed by atoms with Gasteiger partial charge in [0.15, 0.2) is 0 Å². The van der Waals surface area contributed by atoms with Crippen LogP contribution in [0.4, 0.5) is 5.69 Å². The summed E-state index contributed by atoms with van der Waals surface area (Å²) in [6.07, 6.45) is 3.97. The quantitative estimate of drug-likeness (QED) is 0.692. The molecule has 1 aromatic carbocycles. The number of fused-ring (bicyclic) bond motifs is 1. The van der Waals surface area contributed by atoms with E-state index in [4.69, 9.17) is 0 Å². The largest absolute Gasteiger partial charge is 0.359 e. The van der Waals surface area contributed by atoms with E-state index in [1.807, 2.05) is 12.5 Å². The van der Waals surface area contributed by atoms with Crippen molar-refractivity contribution in [2.45, 2.75) is 0 Å². The SMILES string of the molecule is CSNc1cccc2cc[nH]c12. The highest BCUT2D eigenvalue weighted by Crippen LogP contribution is 2.22. The first-order valence-corrected chi connectivity index (χ1v) is 4.99. The number of rotatable bonds is 2. The zero-order chi connectivity index (χ0) is 8.39. The molecule has 0 saturated carbocycles. The Morgan fingerprint density at radius 3 is 3.08 bits per heavy atom. The predicted octanol–water partition coefficient (Wildman–Crippen LogP) is 2.86. The number of hydrogen-bond donors (Lipinski definition) is 2. The number of anilines is 1. The number of aromatic amines is 1. The van der Waals surface area contributed by atoms with Crippen LogP contribution in [0.3, 0.4) is 0 Å². The summed E-state index contributed by atoms with van der Waals surface area (Å²) in [4.78, 5) is 3.20. The molecule has 0 aliphatic heterocycles. The molecular weight excluding hydrogens is 168 g/mol. The van der Waals surface area contributed by atoms with Crippen molar-refractivity contribution in [3.05, 3.63) is 30.5 Å². The molecule has 62 valence electrons. The van der Waals surface area contributed by atoms with Crippen LogP contribution in [-0.4, -0.2) is 11.2 Å². The molecule has 0 saturated heterocycles. The highest BCUT2D eigenvalue weighted by molar-refractivity contribution is 7.99. The lowest BCUT2D eigenvalue weighted by atomic mass is 10.2. The number of H-pyrrole nitrogens is 1. The molecule has 0 fully saturated rings. The lowest BCUT2D eigenvalue weighted by Gasteiger charge is -2.02. The summed E-state index contributed by atoms with van der Waals surface area (Å²) in [6, 6.07) is 8.28. The molecule has 2 aromatic rings. The number of aromatic nitrogens is 1. The van der Waals surface area contributed by atoms with Gasteiger partial charge in [-0.15, -0.1) is 0 Å². The van der Waals surface area contributed by atoms with E-state index in [0.29, 0.717) is 0 Å². The van der Waals surface area contributed by atoms with Crippen LogP contribution in [0.5, 0.6) is 0 Å². The smallest absolute Gasteiger partial charge is 0.0698 e. The molecule has 1 heterocycles. The molecule has 0 unspecified atom stereocenters. The zero-order valence-corrected chi connectivity index (χ0v) is 7.61. The fraction of sp³-hybridized carbons (Fsp3) is 0.111. The van der Waals surface area contributed by atoms with Crippen LogP contribution in [0, 0.1) is 0 Å². The highest BCUT2D eigenvalue weighted by Gasteiger charge is 1.98. The first-order valence-electron chi connectivity index (χ1n) is 3.77. The van der Waals surface area contributed by atoms with Gasteiger partial charge in [0, 0.05) is 17.8 Å². The Morgan fingerprint density at radius 2 is 2.25 bits per heavy atom. The topological polar surface area (TPSA) is 27.8 Å². The summed E-state index contributed by atoms with van der Waals surface area (Å²) in [7, 11) is 0. The van der Waals surface area contributed by atoms with Crippen LogP contribution in [-0.2, 0) is 0 Å². The summed E-state index contributed by atoms with van der Waals surface area (Å²) in [6.45, 7) is 0. The van der Waals surface area contributed by atoms with E-state index in [1.54, 1.807) is 11.9 Å². The molecular formula is C9H10N2S. The van der Waals surface area contributed by atoms with Crippen molar-refractivity contribution in [1.29, 1.82) is 0 Å². The first-order chi connectivity index (χ1) is 5.92. The Balaban J connectivity index is 2.57. The average molecular weight is 178 g/mol. The van der Waals surface area contributed by atoms with Crippen LogP contribution in [0.1, 0.15) is 0 Å². The van der Waals surface area contributed by atoms with Crippen molar-refractivity contribution in [3.63, 3.8) is 0 Å². The molecule has 2 nitrogen and oxygen atoms in total. The molecule has 0 radical (unpaired) electrons. The molecule has 1 aromatic heterocycles. The summed E-state index contributed by atoms with van der Waals surface area (Å²) in [5.41, 5.74) is 2.32. The van der Waals surface area contributed by atoms with E-state index in [2.05, 4.69) is 34.0 Å². The van der Waals surface area contributed by atoms with E-state index in [-0.39, 0.29) is 0 Å². The Morgan fingerprint density at radius 1 is 1.33 bits per heavy atom. The van der Waals surface area contributed by atoms with Gasteiger partial charge in [0.1, 0.15) is 0 Å². The Kier molecular flexibility index (Phi) is 1.96. The van der Waals surface area contributed by atoms with E-state index in [0.717, 1.165) is 5.69 Å². The third kappa shape index (κ3) is 1.16. The summed E-state index contributed by atoms with van der Waals surface area (Å²) < 4.78 is 3.22. The molecule has 2 rings (SSSR count). The van der Waals surface area contributed by atoms with E-state index >= 15 is 0 Å². The van der Waals surface area contributed by atoms with E-state index < -0.39 is 0 Å². The van der Waals surface area contributed by atoms with Gasteiger partial charge in [-0.1, -0.05) is 24.1 Å². The molecule has 3 heteroatoms. The lowest BCUT2D eigenvalue weighted by molar-refractivity contribution is 1.48. The van der Waals surface area contributed by atoms with Crippen molar-refractivity contribution in [2.24, 2.45) is 0 Å². The molecule has 0 spiro atoms. The number of para-hydroxylation sites is 1. The number of hydrogen-bond acceptors (Lipinski definition) is 2. The first kappa shape index (κ1) is 7.55. The molecule has 0 amide bonds. The minimum absolute atomic E-state index is 1.14. The van der Waals surface area contributed by atoms with Crippen LogP contribution in [0.25, 0.3) is 10.9 Å². The van der Waals surface area contributed by atoms with Crippen LogP contribution >= 0.6 is 11.9 Å². The molecule has 2 N–H and O–H groups in total. The summed E-state index contributed by atoms with van der Waals surface area (Å²) in [5, 5.41) is 1.24. The van der Waals surface area contributed by atoms with Gasteiger partial charge in [0.25, 0.3) is 0 Å². The minimum atomic E-state index is 1.14. The second-order valence-electron chi connectivity index (χ2n) is 2.55. The lowest BCUT2D eigenvalue weighted by Crippen LogP contribution is -1.84. The standard InChI is InChI=1S/C9H10N2S/c1-12-11-8-4-2-3-7-5-6-10-9(7)8/h2-6,10-11H,1H3. The van der Waals surface area contributed by atoms with Gasteiger partial charge in [0.2, 0.25) is 0 Å². The second kappa shape index (κ2) is 3.11. The fourth-order valence-corrected chi connectivity index (χ4v) is 1.67. The van der Waals surface area contributed by atoms with Gasteiger partial charge in [0.05, 0.1) is 11.2 Å². The molecule has 12 heavy (non-hydrogen) atoms. The van der Waals surface area contributed by atoms with Crippen molar-refractivity contribution in [3.8, 4) is 0 Å². The van der Waals surface area contributed by atoms with Gasteiger partial charge >= 0.3 is 0 Å². The van der Waals surface area contributed by atoms with Crippen LogP contribution < -0.4 is 4.72 Å². The molecule has 0 aliphatic carbocycles. The van der Waals surface area contributed by atoms with Gasteiger partial charge in [-0.2, -0.15) is 0 Å². The van der Waals surface area contributed by atoms with Crippen molar-refractivity contribution in [2.75, 3.05) is 11.0 Å². The third-order valence-corrected chi connectivity index (χ3v) is 2.22. The van der Waals surface area contributed by atoms with Crippen molar-refractivity contribution < 1.29 is 0 Å². The van der Waals surface area contributed by atoms with Gasteiger partial charge in [-0.05, 0) is 12.1 Å². The Hall–Kier alpha value is -1.09. The predicted molar refractivity (Wildman–Crippen MR) is 55.4 cm³/mol. The number of benzene rings is 1. The van der Waals surface area contributed by atoms with Crippen LogP contribution in [0.15, 0.2) is 30.5 Å². The van der Waals surface area contributed by atoms with Crippen LogP contribution in [0.2, 0.25) is 0 Å². The normalized spacial score (nSPS) is 10.4. The zero-order valence-electron chi connectivity index (χ0n) is 6.79. The maximum Gasteiger partial charge on any atom is 0.0698 e. The van der Waals surface area contributed by atoms with Crippen molar-refractivity contribution >= 4 is 28.5 Å². The van der Waals surface area contributed by atoms with E-state index in [1.165, 1.54) is 10.9 Å². The third-order valence-electron chi connectivity index (χ3n) is 1.80. The van der Waals surface area contributed by atoms with Gasteiger partial charge in [-0.25, -0.2) is 0 Å². The Labute approximate surface area is 75.5 Å². The minimum Gasteiger partial charge on any atom is -0.359 e. The molecule has 0 bridgehead atoms. The number of nitrogens with one attached hydrogen (secondary N) is 2. The van der Waals surface area contributed by atoms with Gasteiger partial charge < -0.3 is 9.71 Å². The maximum atomic E-state index is 3.22. The summed E-state index contributed by atoms with van der Waals surface area (Å²) >= 11 is 1.60. The summed E-state index contributed by atoms with van der Waals surface area (Å²) in [5.74, 6) is 0. The Bertz CT molecular complexity index is 381. The fourth-order valence-electron chi connectivity index (χ4n) is 1.28. The van der Waals surface area contributed by atoms with Crippen molar-refractivity contribution in [1.82, 2.24) is 4.98 Å². The monoisotopic (exact) mass is 178 g/mol. The molecule has 0 aliphatic rings.